The first-order chi connectivity index (χ1) is 38.6. The molecule has 0 saturated carbocycles. The second kappa shape index (κ2) is 66.0. The lowest BCUT2D eigenvalue weighted by atomic mass is 10.0. The van der Waals surface area contributed by atoms with Crippen molar-refractivity contribution in [2.24, 2.45) is 0 Å². The van der Waals surface area contributed by atoms with E-state index in [2.05, 4.69) is 208 Å². The Morgan fingerprint density at radius 3 is 0.808 bits per heavy atom. The van der Waals surface area contributed by atoms with E-state index in [-0.39, 0.29) is 31.6 Å². The monoisotopic (exact) mass is 1070 g/mol. The highest BCUT2D eigenvalue weighted by molar-refractivity contribution is 5.70. The summed E-state index contributed by atoms with van der Waals surface area (Å²) in [6.07, 6.45) is 106. The summed E-state index contributed by atoms with van der Waals surface area (Å²) < 4.78 is 10.7. The number of carbonyl (C=O) groups excluding carboxylic acids is 2. The lowest BCUT2D eigenvalue weighted by molar-refractivity contribution is -0.161. The first kappa shape index (κ1) is 72.7. The van der Waals surface area contributed by atoms with Crippen molar-refractivity contribution in [2.75, 3.05) is 13.2 Å². The molecule has 0 heterocycles. The van der Waals surface area contributed by atoms with Gasteiger partial charge >= 0.3 is 11.9 Å². The molecule has 0 aromatic rings. The van der Waals surface area contributed by atoms with E-state index < -0.39 is 6.10 Å². The molecule has 1 unspecified atom stereocenters. The smallest absolute Gasteiger partial charge is 0.306 e. The zero-order valence-electron chi connectivity index (χ0n) is 49.6. The summed E-state index contributed by atoms with van der Waals surface area (Å²) in [5, 5.41) is 9.67. The molecule has 1 atom stereocenters. The molecule has 0 radical (unpaired) electrons. The molecular formula is C73H112O5. The molecule has 0 rings (SSSR count). The van der Waals surface area contributed by atoms with E-state index in [4.69, 9.17) is 9.47 Å². The van der Waals surface area contributed by atoms with Crippen LogP contribution in [-0.2, 0) is 19.1 Å². The maximum atomic E-state index is 12.3. The Bertz CT molecular complexity index is 1830. The largest absolute Gasteiger partial charge is 0.462 e. The first-order valence-electron chi connectivity index (χ1n) is 31.0. The van der Waals surface area contributed by atoms with Gasteiger partial charge in [-0.15, -0.1) is 0 Å². The third-order valence-corrected chi connectivity index (χ3v) is 12.4. The Labute approximate surface area is 479 Å². The van der Waals surface area contributed by atoms with Crippen LogP contribution in [0.3, 0.4) is 0 Å². The Kier molecular flexibility index (Phi) is 61.6. The fraction of sp³-hybridized carbons (Fsp3) is 0.534. The molecule has 5 nitrogen and oxygen atoms in total. The zero-order valence-corrected chi connectivity index (χ0v) is 49.6. The first-order valence-corrected chi connectivity index (χ1v) is 31.0. The van der Waals surface area contributed by atoms with Crippen molar-refractivity contribution in [1.29, 1.82) is 0 Å². The SMILES string of the molecule is CC/C=C\C/C=C\C/C=C\C/C=C\C/C=C\C/C=C\C/C=C\C/C=C\C/C=C\CCCC(=O)OC(CO)COC(=O)CCCCCCCCCCCCCCC/C=C\C/C=C\C/C=C\C/C=C\C/C=C\C/C=C\C/C=C\CC. The van der Waals surface area contributed by atoms with Crippen molar-refractivity contribution in [3.63, 3.8) is 0 Å². The van der Waals surface area contributed by atoms with Crippen LogP contribution in [0.15, 0.2) is 194 Å². The minimum atomic E-state index is -0.820. The molecule has 0 bridgehead atoms. The maximum Gasteiger partial charge on any atom is 0.306 e. The maximum absolute atomic E-state index is 12.3. The summed E-state index contributed by atoms with van der Waals surface area (Å²) >= 11 is 0. The number of allylic oxidation sites excluding steroid dienone is 32. The molecule has 0 saturated heterocycles. The fourth-order valence-electron chi connectivity index (χ4n) is 7.83. The Morgan fingerprint density at radius 2 is 0.526 bits per heavy atom. The Balaban J connectivity index is 3.65. The number of unbranched alkanes of at least 4 members (excludes halogenated alkanes) is 14. The molecule has 1 N–H and O–H groups in total. The number of hydrogen-bond donors (Lipinski definition) is 1. The van der Waals surface area contributed by atoms with Crippen LogP contribution in [0, 0.1) is 0 Å². The molecule has 78 heavy (non-hydrogen) atoms. The molecule has 5 heteroatoms. The van der Waals surface area contributed by atoms with Gasteiger partial charge in [0.1, 0.15) is 6.61 Å². The van der Waals surface area contributed by atoms with E-state index in [1.807, 2.05) is 0 Å². The van der Waals surface area contributed by atoms with Crippen molar-refractivity contribution in [3.8, 4) is 0 Å². The third kappa shape index (κ3) is 63.3. The van der Waals surface area contributed by atoms with E-state index in [1.54, 1.807) is 0 Å². The van der Waals surface area contributed by atoms with Gasteiger partial charge < -0.3 is 14.6 Å². The van der Waals surface area contributed by atoms with Gasteiger partial charge in [0.15, 0.2) is 6.10 Å². The van der Waals surface area contributed by atoms with Crippen molar-refractivity contribution in [3.05, 3.63) is 194 Å². The molecule has 0 fully saturated rings. The highest BCUT2D eigenvalue weighted by Crippen LogP contribution is 2.14. The van der Waals surface area contributed by atoms with Crippen LogP contribution >= 0.6 is 0 Å². The molecule has 0 aliphatic carbocycles. The second-order valence-electron chi connectivity index (χ2n) is 19.7. The third-order valence-electron chi connectivity index (χ3n) is 12.4. The summed E-state index contributed by atoms with van der Waals surface area (Å²) in [6, 6.07) is 0. The van der Waals surface area contributed by atoms with Gasteiger partial charge in [-0.25, -0.2) is 0 Å². The van der Waals surface area contributed by atoms with Crippen LogP contribution in [0.25, 0.3) is 0 Å². The summed E-state index contributed by atoms with van der Waals surface area (Å²) in [7, 11) is 0. The van der Waals surface area contributed by atoms with Gasteiger partial charge in [-0.05, 0) is 135 Å². The van der Waals surface area contributed by atoms with Gasteiger partial charge in [0, 0.05) is 12.8 Å². The molecule has 0 aromatic carbocycles. The van der Waals surface area contributed by atoms with Crippen LogP contribution in [0.5, 0.6) is 0 Å². The predicted octanol–water partition coefficient (Wildman–Crippen LogP) is 21.6. The van der Waals surface area contributed by atoms with E-state index in [0.29, 0.717) is 12.8 Å². The second-order valence-corrected chi connectivity index (χ2v) is 19.7. The summed E-state index contributed by atoms with van der Waals surface area (Å²) in [6.45, 7) is 3.85. The van der Waals surface area contributed by atoms with Gasteiger partial charge in [-0.2, -0.15) is 0 Å². The lowest BCUT2D eigenvalue weighted by Gasteiger charge is -2.15. The number of rotatable bonds is 54. The van der Waals surface area contributed by atoms with Gasteiger partial charge in [0.05, 0.1) is 6.61 Å². The van der Waals surface area contributed by atoms with Gasteiger partial charge in [0.2, 0.25) is 0 Å². The van der Waals surface area contributed by atoms with Gasteiger partial charge in [-0.3, -0.25) is 9.59 Å². The summed E-state index contributed by atoms with van der Waals surface area (Å²) in [5.74, 6) is -0.675. The van der Waals surface area contributed by atoms with E-state index in [0.717, 1.165) is 128 Å². The molecule has 434 valence electrons. The molecule has 0 aromatic heterocycles. The number of aliphatic hydroxyl groups is 1. The highest BCUT2D eigenvalue weighted by atomic mass is 16.6. The van der Waals surface area contributed by atoms with Crippen molar-refractivity contribution < 1.29 is 24.2 Å². The standard InChI is InChI=1S/C73H112O5/c1-3-5-7-9-11-13-15-17-19-21-23-25-27-29-31-33-34-35-36-37-38-40-41-43-45-47-49-51-53-55-57-59-61-63-65-67-72(75)77-70-71(69-74)78-73(76)68-66-64-62-60-58-56-54-52-50-48-46-44-42-39-32-30-28-26-24-22-20-18-16-14-12-10-8-6-4-2/h5-8,11-14,17-20,23-26,29-32,34-35,37-38,42,44,48,50,54,56,60,62,71,74H,3-4,9-10,15-16,21-22,27-28,33,36,39-41,43,45-47,49,51-53,55,57-59,61,63-70H2,1-2H3/b7-5-,8-6-,13-11-,14-12-,19-17-,20-18-,25-23-,26-24-,31-29-,32-30-,35-34-,38-37-,44-42-,50-48-,56-54-,62-60-. The van der Waals surface area contributed by atoms with Crippen LogP contribution in [0.1, 0.15) is 232 Å². The number of hydrogen-bond acceptors (Lipinski definition) is 5. The molecule has 0 amide bonds. The van der Waals surface area contributed by atoms with Crippen LogP contribution in [0.4, 0.5) is 0 Å². The van der Waals surface area contributed by atoms with Crippen molar-refractivity contribution >= 4 is 11.9 Å². The number of aliphatic hydroxyl groups excluding tert-OH is 1. The normalized spacial score (nSPS) is 13.6. The van der Waals surface area contributed by atoms with Gasteiger partial charge in [0.25, 0.3) is 0 Å². The lowest BCUT2D eigenvalue weighted by Crippen LogP contribution is -2.28. The molecular weight excluding hydrogens is 957 g/mol. The zero-order chi connectivity index (χ0) is 56.2. The average molecular weight is 1070 g/mol. The van der Waals surface area contributed by atoms with E-state index >= 15 is 0 Å². The molecule has 0 spiro atoms. The molecule has 0 aliphatic heterocycles. The predicted molar refractivity (Wildman–Crippen MR) is 342 cm³/mol. The number of carbonyl (C=O) groups is 2. The fourth-order valence-corrected chi connectivity index (χ4v) is 7.83. The Hall–Kier alpha value is -5.26. The topological polar surface area (TPSA) is 72.8 Å². The highest BCUT2D eigenvalue weighted by Gasteiger charge is 2.16. The van der Waals surface area contributed by atoms with Gasteiger partial charge in [-0.1, -0.05) is 279 Å². The summed E-state index contributed by atoms with van der Waals surface area (Å²) in [5.41, 5.74) is 0. The minimum absolute atomic E-state index is 0.103. The number of esters is 2. The van der Waals surface area contributed by atoms with Crippen molar-refractivity contribution in [1.82, 2.24) is 0 Å². The minimum Gasteiger partial charge on any atom is -0.462 e. The van der Waals surface area contributed by atoms with Crippen LogP contribution in [0.2, 0.25) is 0 Å². The summed E-state index contributed by atoms with van der Waals surface area (Å²) in [4.78, 5) is 24.6. The molecule has 0 aliphatic rings. The average Bonchev–Trinajstić information content (AvgIpc) is 3.44. The van der Waals surface area contributed by atoms with E-state index in [1.165, 1.54) is 70.6 Å². The Morgan fingerprint density at radius 1 is 0.295 bits per heavy atom. The number of ether oxygens (including phenoxy) is 2. The van der Waals surface area contributed by atoms with E-state index in [9.17, 15) is 14.7 Å². The quantitative estimate of drug-likeness (QED) is 0.0373. The van der Waals surface area contributed by atoms with Crippen molar-refractivity contribution in [2.45, 2.75) is 238 Å². The van der Waals surface area contributed by atoms with Crippen LogP contribution in [-0.4, -0.2) is 36.4 Å². The van der Waals surface area contributed by atoms with Crippen LogP contribution < -0.4 is 0 Å².